The van der Waals surface area contributed by atoms with Gasteiger partial charge in [-0.25, -0.2) is 8.51 Å². The lowest BCUT2D eigenvalue weighted by molar-refractivity contribution is 0.423. The Bertz CT molecular complexity index is 643. The van der Waals surface area contributed by atoms with Crippen LogP contribution in [0, 0.1) is 0 Å². The first-order chi connectivity index (χ1) is 10.9. The molecule has 0 amide bonds. The quantitative estimate of drug-likeness (QED) is 0.839. The molecule has 4 heteroatoms. The van der Waals surface area contributed by atoms with E-state index in [9.17, 15) is 9.32 Å². The maximum absolute atomic E-state index is 12.5. The van der Waals surface area contributed by atoms with Crippen molar-refractivity contribution in [2.75, 3.05) is 13.1 Å². The Morgan fingerprint density at radius 1 is 1.12 bits per heavy atom. The molecule has 0 saturated carbocycles. The molecule has 1 atom stereocenters. The highest BCUT2D eigenvalue weighted by molar-refractivity contribution is 7.87. The van der Waals surface area contributed by atoms with Gasteiger partial charge in [-0.05, 0) is 41.0 Å². The van der Waals surface area contributed by atoms with Gasteiger partial charge in [0.25, 0.3) is 0 Å². The van der Waals surface area contributed by atoms with Crippen LogP contribution in [-0.2, 0) is 21.8 Å². The van der Waals surface area contributed by atoms with Gasteiger partial charge in [0.2, 0.25) is 0 Å². The molecule has 0 spiro atoms. The zero-order chi connectivity index (χ0) is 18.3. The molecule has 2 rings (SSSR count). The zero-order valence-electron chi connectivity index (χ0n) is 16.1. The molecule has 1 heterocycles. The number of phenols is 1. The summed E-state index contributed by atoms with van der Waals surface area (Å²) in [6, 6.07) is 4.09. The summed E-state index contributed by atoms with van der Waals surface area (Å²) in [7, 11) is -1.03. The third-order valence-corrected chi connectivity index (χ3v) is 6.18. The van der Waals surface area contributed by atoms with E-state index in [1.807, 2.05) is 23.4 Å². The van der Waals surface area contributed by atoms with Crippen molar-refractivity contribution in [1.29, 1.82) is 0 Å². The van der Waals surface area contributed by atoms with Gasteiger partial charge in [-0.1, -0.05) is 48.5 Å². The van der Waals surface area contributed by atoms with Crippen molar-refractivity contribution in [1.82, 2.24) is 4.31 Å². The molecule has 134 valence electrons. The normalized spacial score (nSPS) is 21.6. The summed E-state index contributed by atoms with van der Waals surface area (Å²) in [5, 5.41) is 10.8. The van der Waals surface area contributed by atoms with Crippen LogP contribution in [0.2, 0.25) is 0 Å². The van der Waals surface area contributed by atoms with E-state index < -0.39 is 11.0 Å². The molecule has 0 radical (unpaired) electrons. The molecule has 0 bridgehead atoms. The van der Waals surface area contributed by atoms with Gasteiger partial charge in [-0.15, -0.1) is 0 Å². The van der Waals surface area contributed by atoms with Gasteiger partial charge >= 0.3 is 0 Å². The number of benzene rings is 1. The molecule has 3 nitrogen and oxygen atoms in total. The van der Waals surface area contributed by atoms with Gasteiger partial charge in [0, 0.05) is 29.1 Å². The lowest BCUT2D eigenvalue weighted by Crippen LogP contribution is -2.19. The van der Waals surface area contributed by atoms with Crippen molar-refractivity contribution < 1.29 is 9.32 Å². The van der Waals surface area contributed by atoms with Crippen LogP contribution in [-0.4, -0.2) is 26.7 Å². The molecule has 0 aromatic heterocycles. The third kappa shape index (κ3) is 3.92. The third-order valence-electron chi connectivity index (χ3n) is 4.50. The van der Waals surface area contributed by atoms with Crippen LogP contribution in [0.25, 0.3) is 6.08 Å². The molecule has 1 N–H and O–H groups in total. The topological polar surface area (TPSA) is 40.5 Å². The second-order valence-corrected chi connectivity index (χ2v) is 10.1. The summed E-state index contributed by atoms with van der Waals surface area (Å²) in [4.78, 5) is 0.974. The predicted molar refractivity (Wildman–Crippen MR) is 103 cm³/mol. The smallest absolute Gasteiger partial charge is 0.123 e. The molecule has 24 heavy (non-hydrogen) atoms. The van der Waals surface area contributed by atoms with Crippen LogP contribution < -0.4 is 0 Å². The van der Waals surface area contributed by atoms with Gasteiger partial charge in [0.1, 0.15) is 16.7 Å². The van der Waals surface area contributed by atoms with Crippen molar-refractivity contribution in [3.63, 3.8) is 0 Å². The first kappa shape index (κ1) is 19.2. The number of hydrogen-bond acceptors (Lipinski definition) is 2. The lowest BCUT2D eigenvalue weighted by Gasteiger charge is -2.28. The first-order valence-electron chi connectivity index (χ1n) is 8.70. The summed E-state index contributed by atoms with van der Waals surface area (Å²) in [6.07, 6.45) is 2.90. The fourth-order valence-corrected chi connectivity index (χ4v) is 4.36. The average molecular weight is 350 g/mol. The first-order valence-corrected chi connectivity index (χ1v) is 9.81. The molecule has 1 aliphatic heterocycles. The molecule has 1 aromatic rings. The molecule has 1 fully saturated rings. The molecule has 1 unspecified atom stereocenters. The Kier molecular flexibility index (Phi) is 5.31. The van der Waals surface area contributed by atoms with E-state index in [4.69, 9.17) is 0 Å². The number of aromatic hydroxyl groups is 1. The van der Waals surface area contributed by atoms with E-state index in [-0.39, 0.29) is 10.8 Å². The zero-order valence-corrected chi connectivity index (χ0v) is 16.9. The van der Waals surface area contributed by atoms with Gasteiger partial charge in [-0.3, -0.25) is 0 Å². The summed E-state index contributed by atoms with van der Waals surface area (Å²) in [5.41, 5.74) is 2.62. The van der Waals surface area contributed by atoms with Crippen molar-refractivity contribution in [2.45, 2.75) is 65.7 Å². The monoisotopic (exact) mass is 349 g/mol. The van der Waals surface area contributed by atoms with Gasteiger partial charge in [0.15, 0.2) is 0 Å². The maximum atomic E-state index is 12.5. The second-order valence-electron chi connectivity index (χ2n) is 8.60. The molecule has 1 aliphatic rings. The van der Waals surface area contributed by atoms with E-state index in [0.29, 0.717) is 5.75 Å². The molecule has 1 aromatic carbocycles. The average Bonchev–Trinajstić information content (AvgIpc) is 2.78. The van der Waals surface area contributed by atoms with Crippen LogP contribution in [0.3, 0.4) is 0 Å². The van der Waals surface area contributed by atoms with Crippen molar-refractivity contribution in [3.8, 4) is 5.75 Å². The Morgan fingerprint density at radius 2 is 1.62 bits per heavy atom. The Hall–Kier alpha value is -1.13. The highest BCUT2D eigenvalue weighted by atomic mass is 32.2. The van der Waals surface area contributed by atoms with Crippen molar-refractivity contribution in [3.05, 3.63) is 33.7 Å². The highest BCUT2D eigenvalue weighted by Crippen LogP contribution is 2.40. The number of phenolic OH excluding ortho intramolecular Hbond substituents is 1. The largest absolute Gasteiger partial charge is 0.507 e. The minimum absolute atomic E-state index is 0.150. The molecular weight excluding hydrogens is 318 g/mol. The van der Waals surface area contributed by atoms with E-state index in [1.54, 1.807) is 0 Å². The minimum Gasteiger partial charge on any atom is -0.507 e. The predicted octanol–water partition coefficient (Wildman–Crippen LogP) is 4.72. The second kappa shape index (κ2) is 6.64. The number of hydrogen-bond donors (Lipinski definition) is 1. The van der Waals surface area contributed by atoms with Gasteiger partial charge in [0.05, 0.1) is 0 Å². The van der Waals surface area contributed by atoms with E-state index in [0.717, 1.165) is 41.1 Å². The minimum atomic E-state index is -1.03. The Morgan fingerprint density at radius 3 is 2.00 bits per heavy atom. The Balaban J connectivity index is 2.58. The lowest BCUT2D eigenvalue weighted by atomic mass is 9.78. The van der Waals surface area contributed by atoms with Gasteiger partial charge < -0.3 is 5.11 Å². The fraction of sp³-hybridized carbons (Fsp3) is 0.600. The highest BCUT2D eigenvalue weighted by Gasteiger charge is 2.27. The van der Waals surface area contributed by atoms with Crippen molar-refractivity contribution in [2.24, 2.45) is 0 Å². The summed E-state index contributed by atoms with van der Waals surface area (Å²) < 4.78 is 14.5. The standard InChI is InChI=1S/C20H31NO2S/c1-8-21-10-9-15(24(21)23)11-14-12-16(19(2,3)4)18(22)17(13-14)20(5,6)7/h11-13,22H,8-10H2,1-7H3/b15-11+. The fourth-order valence-electron chi connectivity index (χ4n) is 3.04. The SMILES string of the molecule is CCN1CC/C(=C\c2cc(C(C)(C)C)c(O)c(C(C)(C)C)c2)S1=O. The van der Waals surface area contributed by atoms with E-state index in [1.165, 1.54) is 0 Å². The summed E-state index contributed by atoms with van der Waals surface area (Å²) >= 11 is 0. The molecular formula is C20H31NO2S. The van der Waals surface area contributed by atoms with Crippen LogP contribution in [0.15, 0.2) is 17.0 Å². The number of nitrogens with zero attached hydrogens (tertiary/aromatic N) is 1. The van der Waals surface area contributed by atoms with Crippen LogP contribution in [0.5, 0.6) is 5.75 Å². The van der Waals surface area contributed by atoms with Crippen LogP contribution in [0.4, 0.5) is 0 Å². The molecule has 1 saturated heterocycles. The summed E-state index contributed by atoms with van der Waals surface area (Å²) in [6.45, 7) is 16.4. The van der Waals surface area contributed by atoms with Crippen LogP contribution in [0.1, 0.15) is 71.6 Å². The molecule has 0 aliphatic carbocycles. The number of rotatable bonds is 2. The Labute approximate surface area is 149 Å². The van der Waals surface area contributed by atoms with Crippen LogP contribution >= 0.6 is 0 Å². The van der Waals surface area contributed by atoms with E-state index >= 15 is 0 Å². The van der Waals surface area contributed by atoms with Gasteiger partial charge in [-0.2, -0.15) is 0 Å². The van der Waals surface area contributed by atoms with E-state index in [2.05, 4.69) is 47.6 Å². The summed E-state index contributed by atoms with van der Waals surface area (Å²) in [5.74, 6) is 0.389. The maximum Gasteiger partial charge on any atom is 0.123 e. The van der Waals surface area contributed by atoms with Crippen molar-refractivity contribution >= 4 is 17.1 Å².